The number of carbonyl (C=O) groups excluding carboxylic acids is 1. The number of hydrogen-bond donors (Lipinski definition) is 2. The van der Waals surface area contributed by atoms with Crippen LogP contribution in [-0.4, -0.2) is 25.7 Å². The normalized spacial score (nSPS) is 10.4. The standard InChI is InChI=1S/C15H24N2O2/c1-2-3-9-19-10-5-8-17-15(18)14-7-4-6-13(11-14)12-16/h4,6-7,11H,2-3,5,8-10,12,16H2,1H3,(H,17,18). The lowest BCUT2D eigenvalue weighted by molar-refractivity contribution is 0.0940. The Hall–Kier alpha value is -1.39. The monoisotopic (exact) mass is 264 g/mol. The maximum Gasteiger partial charge on any atom is 0.251 e. The fraction of sp³-hybridized carbons (Fsp3) is 0.533. The third kappa shape index (κ3) is 6.36. The zero-order valence-electron chi connectivity index (χ0n) is 11.7. The van der Waals surface area contributed by atoms with E-state index >= 15 is 0 Å². The molecule has 0 radical (unpaired) electrons. The molecule has 0 atom stereocenters. The number of ether oxygens (including phenoxy) is 1. The van der Waals surface area contributed by atoms with Gasteiger partial charge in [-0.2, -0.15) is 0 Å². The molecule has 1 rings (SSSR count). The van der Waals surface area contributed by atoms with Crippen LogP contribution < -0.4 is 11.1 Å². The number of nitrogens with two attached hydrogens (primary N) is 1. The first-order valence-electron chi connectivity index (χ1n) is 6.93. The third-order valence-electron chi connectivity index (χ3n) is 2.82. The fourth-order valence-electron chi connectivity index (χ4n) is 1.67. The van der Waals surface area contributed by atoms with Crippen LogP contribution in [0.15, 0.2) is 24.3 Å². The van der Waals surface area contributed by atoms with Crippen LogP contribution in [0.1, 0.15) is 42.1 Å². The SMILES string of the molecule is CCCCOCCCNC(=O)c1cccc(CN)c1. The molecule has 0 spiro atoms. The van der Waals surface area contributed by atoms with Gasteiger partial charge in [-0.3, -0.25) is 4.79 Å². The summed E-state index contributed by atoms with van der Waals surface area (Å²) >= 11 is 0. The highest BCUT2D eigenvalue weighted by Crippen LogP contribution is 2.04. The summed E-state index contributed by atoms with van der Waals surface area (Å²) < 4.78 is 5.43. The Kier molecular flexibility index (Phi) is 7.86. The molecule has 0 unspecified atom stereocenters. The number of carbonyl (C=O) groups is 1. The van der Waals surface area contributed by atoms with Crippen molar-refractivity contribution in [2.24, 2.45) is 5.73 Å². The van der Waals surface area contributed by atoms with Crippen molar-refractivity contribution >= 4 is 5.91 Å². The van der Waals surface area contributed by atoms with Gasteiger partial charge in [-0.05, 0) is 30.5 Å². The van der Waals surface area contributed by atoms with Crippen molar-refractivity contribution in [3.8, 4) is 0 Å². The number of nitrogens with one attached hydrogen (secondary N) is 1. The summed E-state index contributed by atoms with van der Waals surface area (Å²) in [5.74, 6) is -0.0520. The summed E-state index contributed by atoms with van der Waals surface area (Å²) in [6, 6.07) is 7.39. The van der Waals surface area contributed by atoms with Crippen LogP contribution in [0.5, 0.6) is 0 Å². The summed E-state index contributed by atoms with van der Waals surface area (Å²) in [6.07, 6.45) is 3.08. The molecular formula is C15H24N2O2. The van der Waals surface area contributed by atoms with Crippen LogP contribution in [0.3, 0.4) is 0 Å². The summed E-state index contributed by atoms with van der Waals surface area (Å²) in [5.41, 5.74) is 7.18. The van der Waals surface area contributed by atoms with E-state index in [9.17, 15) is 4.79 Å². The summed E-state index contributed by atoms with van der Waals surface area (Å²) in [4.78, 5) is 11.9. The molecule has 0 saturated heterocycles. The molecule has 19 heavy (non-hydrogen) atoms. The van der Waals surface area contributed by atoms with E-state index in [4.69, 9.17) is 10.5 Å². The highest BCUT2D eigenvalue weighted by molar-refractivity contribution is 5.94. The third-order valence-corrected chi connectivity index (χ3v) is 2.82. The largest absolute Gasteiger partial charge is 0.381 e. The van der Waals surface area contributed by atoms with Gasteiger partial charge < -0.3 is 15.8 Å². The quantitative estimate of drug-likeness (QED) is 0.671. The minimum Gasteiger partial charge on any atom is -0.381 e. The molecule has 1 amide bonds. The maximum atomic E-state index is 11.9. The lowest BCUT2D eigenvalue weighted by Crippen LogP contribution is -2.25. The highest BCUT2D eigenvalue weighted by atomic mass is 16.5. The van der Waals surface area contributed by atoms with Gasteiger partial charge in [0.25, 0.3) is 5.91 Å². The molecule has 3 N–H and O–H groups in total. The first kappa shape index (κ1) is 15.7. The van der Waals surface area contributed by atoms with Crippen LogP contribution >= 0.6 is 0 Å². The van der Waals surface area contributed by atoms with E-state index in [0.29, 0.717) is 25.3 Å². The molecule has 0 heterocycles. The van der Waals surface area contributed by atoms with E-state index in [-0.39, 0.29) is 5.91 Å². The van der Waals surface area contributed by atoms with Gasteiger partial charge in [0.05, 0.1) is 0 Å². The number of amides is 1. The van der Waals surface area contributed by atoms with E-state index in [0.717, 1.165) is 31.4 Å². The van der Waals surface area contributed by atoms with Crippen molar-refractivity contribution in [1.82, 2.24) is 5.32 Å². The molecule has 1 aromatic carbocycles. The fourth-order valence-corrected chi connectivity index (χ4v) is 1.67. The second-order valence-electron chi connectivity index (χ2n) is 4.48. The smallest absolute Gasteiger partial charge is 0.251 e. The molecule has 1 aromatic rings. The Morgan fingerprint density at radius 2 is 2.11 bits per heavy atom. The molecule has 0 fully saturated rings. The lowest BCUT2D eigenvalue weighted by atomic mass is 10.1. The zero-order valence-corrected chi connectivity index (χ0v) is 11.7. The van der Waals surface area contributed by atoms with Gasteiger partial charge in [-0.15, -0.1) is 0 Å². The molecular weight excluding hydrogens is 240 g/mol. The lowest BCUT2D eigenvalue weighted by Gasteiger charge is -2.07. The molecule has 4 heteroatoms. The van der Waals surface area contributed by atoms with E-state index in [1.807, 2.05) is 18.2 Å². The van der Waals surface area contributed by atoms with Gasteiger partial charge in [0.1, 0.15) is 0 Å². The second-order valence-corrected chi connectivity index (χ2v) is 4.48. The van der Waals surface area contributed by atoms with E-state index in [1.165, 1.54) is 0 Å². The summed E-state index contributed by atoms with van der Waals surface area (Å²) in [6.45, 7) is 4.73. The van der Waals surface area contributed by atoms with Crippen molar-refractivity contribution in [1.29, 1.82) is 0 Å². The Morgan fingerprint density at radius 3 is 2.84 bits per heavy atom. The summed E-state index contributed by atoms with van der Waals surface area (Å²) in [5, 5.41) is 2.88. The summed E-state index contributed by atoms with van der Waals surface area (Å²) in [7, 11) is 0. The van der Waals surface area contributed by atoms with Crippen LogP contribution in [0.2, 0.25) is 0 Å². The molecule has 0 saturated carbocycles. The first-order chi connectivity index (χ1) is 9.27. The Labute approximate surface area is 115 Å². The number of rotatable bonds is 9. The van der Waals surface area contributed by atoms with Crippen LogP contribution in [-0.2, 0) is 11.3 Å². The van der Waals surface area contributed by atoms with Gasteiger partial charge in [0.2, 0.25) is 0 Å². The molecule has 0 aliphatic heterocycles. The van der Waals surface area contributed by atoms with Crippen molar-refractivity contribution in [3.63, 3.8) is 0 Å². The predicted octanol–water partition coefficient (Wildman–Crippen LogP) is 2.08. The van der Waals surface area contributed by atoms with E-state index < -0.39 is 0 Å². The molecule has 0 bridgehead atoms. The minimum absolute atomic E-state index is 0.0520. The molecule has 0 aliphatic carbocycles. The molecule has 0 aliphatic rings. The minimum atomic E-state index is -0.0520. The first-order valence-corrected chi connectivity index (χ1v) is 6.93. The van der Waals surface area contributed by atoms with E-state index in [2.05, 4.69) is 12.2 Å². The number of unbranched alkanes of at least 4 members (excludes halogenated alkanes) is 1. The van der Waals surface area contributed by atoms with Gasteiger partial charge in [-0.25, -0.2) is 0 Å². The molecule has 106 valence electrons. The maximum absolute atomic E-state index is 11.9. The predicted molar refractivity (Wildman–Crippen MR) is 77.0 cm³/mol. The van der Waals surface area contributed by atoms with Crippen molar-refractivity contribution in [2.45, 2.75) is 32.7 Å². The van der Waals surface area contributed by atoms with Crippen molar-refractivity contribution in [3.05, 3.63) is 35.4 Å². The zero-order chi connectivity index (χ0) is 13.9. The van der Waals surface area contributed by atoms with Crippen molar-refractivity contribution < 1.29 is 9.53 Å². The average Bonchev–Trinajstić information content (AvgIpc) is 2.46. The van der Waals surface area contributed by atoms with Gasteiger partial charge in [0.15, 0.2) is 0 Å². The van der Waals surface area contributed by atoms with Gasteiger partial charge in [-0.1, -0.05) is 25.5 Å². The van der Waals surface area contributed by atoms with Gasteiger partial charge in [0, 0.05) is 31.9 Å². The van der Waals surface area contributed by atoms with E-state index in [1.54, 1.807) is 6.07 Å². The number of benzene rings is 1. The topological polar surface area (TPSA) is 64.3 Å². The molecule has 4 nitrogen and oxygen atoms in total. The van der Waals surface area contributed by atoms with Crippen LogP contribution in [0.4, 0.5) is 0 Å². The Bertz CT molecular complexity index is 380. The van der Waals surface area contributed by atoms with Crippen LogP contribution in [0, 0.1) is 0 Å². The Morgan fingerprint density at radius 1 is 1.32 bits per heavy atom. The van der Waals surface area contributed by atoms with Crippen LogP contribution in [0.25, 0.3) is 0 Å². The highest BCUT2D eigenvalue weighted by Gasteiger charge is 2.04. The van der Waals surface area contributed by atoms with Gasteiger partial charge >= 0.3 is 0 Å². The van der Waals surface area contributed by atoms with Crippen molar-refractivity contribution in [2.75, 3.05) is 19.8 Å². The Balaban J connectivity index is 2.20. The average molecular weight is 264 g/mol. The second kappa shape index (κ2) is 9.53. The number of hydrogen-bond acceptors (Lipinski definition) is 3. The molecule has 0 aromatic heterocycles.